The summed E-state index contributed by atoms with van der Waals surface area (Å²) in [5, 5.41) is 0. The smallest absolute Gasteiger partial charge is 0.416 e. The SMILES string of the molecule is CCOC(=O)c1cc(C(F)(F)F)c(CN2CCCCC2)c(Br)c1N. The lowest BCUT2D eigenvalue weighted by Gasteiger charge is -2.28. The zero-order valence-corrected chi connectivity index (χ0v) is 15.0. The lowest BCUT2D eigenvalue weighted by molar-refractivity contribution is -0.138. The van der Waals surface area contributed by atoms with Gasteiger partial charge in [0.15, 0.2) is 0 Å². The van der Waals surface area contributed by atoms with Gasteiger partial charge in [0, 0.05) is 11.0 Å². The van der Waals surface area contributed by atoms with Crippen LogP contribution >= 0.6 is 15.9 Å². The van der Waals surface area contributed by atoms with E-state index in [0.717, 1.165) is 38.4 Å². The van der Waals surface area contributed by atoms with E-state index in [4.69, 9.17) is 10.5 Å². The van der Waals surface area contributed by atoms with Crippen LogP contribution < -0.4 is 5.73 Å². The van der Waals surface area contributed by atoms with Crippen LogP contribution in [0.4, 0.5) is 18.9 Å². The number of anilines is 1. The standard InChI is InChI=1S/C16H20BrF3N2O2/c1-2-24-15(23)10-8-12(16(18,19)20)11(13(17)14(10)21)9-22-6-4-3-5-7-22/h8H,2-7,9,21H2,1H3. The molecule has 0 spiro atoms. The fourth-order valence-corrected chi connectivity index (χ4v) is 3.39. The first-order chi connectivity index (χ1) is 11.3. The van der Waals surface area contributed by atoms with Crippen molar-refractivity contribution in [1.29, 1.82) is 0 Å². The minimum atomic E-state index is -4.58. The zero-order valence-electron chi connectivity index (χ0n) is 13.4. The predicted octanol–water partition coefficient (Wildman–Crippen LogP) is 4.21. The molecular formula is C16H20BrF3N2O2. The molecule has 1 aliphatic heterocycles. The van der Waals surface area contributed by atoms with Crippen molar-refractivity contribution in [2.75, 3.05) is 25.4 Å². The second kappa shape index (κ2) is 7.74. The quantitative estimate of drug-likeness (QED) is 0.598. The molecule has 0 aliphatic carbocycles. The van der Waals surface area contributed by atoms with Crippen LogP contribution in [0.5, 0.6) is 0 Å². The summed E-state index contributed by atoms with van der Waals surface area (Å²) in [6, 6.07) is 0.803. The number of carbonyl (C=O) groups excluding carboxylic acids is 1. The molecular weight excluding hydrogens is 389 g/mol. The Balaban J connectivity index is 2.48. The molecule has 2 N–H and O–H groups in total. The molecule has 1 saturated heterocycles. The van der Waals surface area contributed by atoms with E-state index >= 15 is 0 Å². The van der Waals surface area contributed by atoms with Crippen LogP contribution in [0.2, 0.25) is 0 Å². The minimum Gasteiger partial charge on any atom is -0.462 e. The van der Waals surface area contributed by atoms with Crippen LogP contribution in [0.15, 0.2) is 10.5 Å². The third kappa shape index (κ3) is 4.22. The average molecular weight is 409 g/mol. The number of hydrogen-bond acceptors (Lipinski definition) is 4. The van der Waals surface area contributed by atoms with Gasteiger partial charge in [-0.2, -0.15) is 13.2 Å². The second-order valence-electron chi connectivity index (χ2n) is 5.73. The minimum absolute atomic E-state index is 0.0199. The van der Waals surface area contributed by atoms with Crippen molar-refractivity contribution in [3.05, 3.63) is 27.2 Å². The van der Waals surface area contributed by atoms with Gasteiger partial charge in [-0.3, -0.25) is 4.90 Å². The lowest BCUT2D eigenvalue weighted by Crippen LogP contribution is -2.30. The number of hydrogen-bond donors (Lipinski definition) is 1. The van der Waals surface area contributed by atoms with Gasteiger partial charge in [-0.25, -0.2) is 4.79 Å². The predicted molar refractivity (Wildman–Crippen MR) is 88.6 cm³/mol. The van der Waals surface area contributed by atoms with E-state index in [1.165, 1.54) is 0 Å². The Hall–Kier alpha value is -1.28. The first-order valence-electron chi connectivity index (χ1n) is 7.83. The Morgan fingerprint density at radius 3 is 2.50 bits per heavy atom. The van der Waals surface area contributed by atoms with Crippen LogP contribution in [0, 0.1) is 0 Å². The van der Waals surface area contributed by atoms with Crippen LogP contribution in [-0.4, -0.2) is 30.6 Å². The van der Waals surface area contributed by atoms with Gasteiger partial charge >= 0.3 is 12.1 Å². The van der Waals surface area contributed by atoms with Gasteiger partial charge < -0.3 is 10.5 Å². The molecule has 1 aromatic rings. The summed E-state index contributed by atoms with van der Waals surface area (Å²) in [6.07, 6.45) is -1.55. The number of likely N-dealkylation sites (tertiary alicyclic amines) is 1. The molecule has 4 nitrogen and oxygen atoms in total. The number of halogens is 4. The number of benzene rings is 1. The van der Waals surface area contributed by atoms with Gasteiger partial charge in [-0.15, -0.1) is 0 Å². The van der Waals surface area contributed by atoms with E-state index in [2.05, 4.69) is 15.9 Å². The number of nitrogens with two attached hydrogens (primary N) is 1. The summed E-state index contributed by atoms with van der Waals surface area (Å²) in [4.78, 5) is 13.9. The molecule has 1 aromatic carbocycles. The summed E-state index contributed by atoms with van der Waals surface area (Å²) in [5.41, 5.74) is 4.83. The molecule has 1 heterocycles. The first-order valence-corrected chi connectivity index (χ1v) is 8.62. The molecule has 1 fully saturated rings. The van der Waals surface area contributed by atoms with E-state index in [1.807, 2.05) is 4.90 Å². The van der Waals surface area contributed by atoms with Gasteiger partial charge in [0.1, 0.15) is 0 Å². The number of nitrogen functional groups attached to an aromatic ring is 1. The Labute approximate surface area is 147 Å². The fraction of sp³-hybridized carbons (Fsp3) is 0.562. The zero-order chi connectivity index (χ0) is 17.9. The molecule has 0 atom stereocenters. The van der Waals surface area contributed by atoms with Crippen molar-refractivity contribution < 1.29 is 22.7 Å². The number of ether oxygens (including phenoxy) is 1. The van der Waals surface area contributed by atoms with E-state index in [0.29, 0.717) is 0 Å². The highest BCUT2D eigenvalue weighted by Gasteiger charge is 2.37. The van der Waals surface area contributed by atoms with Gasteiger partial charge in [0.05, 0.1) is 23.4 Å². The maximum absolute atomic E-state index is 13.5. The van der Waals surface area contributed by atoms with Crippen molar-refractivity contribution in [3.63, 3.8) is 0 Å². The van der Waals surface area contributed by atoms with Gasteiger partial charge in [0.25, 0.3) is 0 Å². The van der Waals surface area contributed by atoms with Crippen molar-refractivity contribution >= 4 is 27.6 Å². The van der Waals surface area contributed by atoms with Gasteiger partial charge in [0.2, 0.25) is 0 Å². The molecule has 2 rings (SSSR count). The fourth-order valence-electron chi connectivity index (χ4n) is 2.83. The molecule has 0 unspecified atom stereocenters. The van der Waals surface area contributed by atoms with E-state index < -0.39 is 17.7 Å². The highest BCUT2D eigenvalue weighted by atomic mass is 79.9. The number of carbonyl (C=O) groups is 1. The number of piperidine rings is 1. The normalized spacial score (nSPS) is 16.2. The largest absolute Gasteiger partial charge is 0.462 e. The molecule has 134 valence electrons. The summed E-state index contributed by atoms with van der Waals surface area (Å²) in [5.74, 6) is -0.856. The Bertz CT molecular complexity index is 614. The molecule has 1 aliphatic rings. The molecule has 0 saturated carbocycles. The summed E-state index contributed by atoms with van der Waals surface area (Å²) >= 11 is 3.16. The van der Waals surface area contributed by atoms with Crippen molar-refractivity contribution in [1.82, 2.24) is 4.90 Å². The van der Waals surface area contributed by atoms with Crippen molar-refractivity contribution in [2.24, 2.45) is 0 Å². The highest BCUT2D eigenvalue weighted by molar-refractivity contribution is 9.10. The molecule has 0 aromatic heterocycles. The average Bonchev–Trinajstić information content (AvgIpc) is 2.52. The summed E-state index contributed by atoms with van der Waals surface area (Å²) in [6.45, 7) is 3.29. The Morgan fingerprint density at radius 1 is 1.33 bits per heavy atom. The van der Waals surface area contributed by atoms with Gasteiger partial charge in [-0.1, -0.05) is 6.42 Å². The molecule has 8 heteroatoms. The molecule has 24 heavy (non-hydrogen) atoms. The topological polar surface area (TPSA) is 55.6 Å². The summed E-state index contributed by atoms with van der Waals surface area (Å²) < 4.78 is 45.5. The molecule has 0 amide bonds. The van der Waals surface area contributed by atoms with Crippen LogP contribution in [0.3, 0.4) is 0 Å². The third-order valence-corrected chi connectivity index (χ3v) is 4.94. The van der Waals surface area contributed by atoms with Crippen molar-refractivity contribution in [3.8, 4) is 0 Å². The third-order valence-electron chi connectivity index (χ3n) is 4.04. The number of nitrogens with zero attached hydrogens (tertiary/aromatic N) is 1. The molecule has 0 radical (unpaired) electrons. The first kappa shape index (κ1) is 19.1. The van der Waals surface area contributed by atoms with E-state index in [1.54, 1.807) is 6.92 Å². The monoisotopic (exact) mass is 408 g/mol. The van der Waals surface area contributed by atoms with E-state index in [-0.39, 0.29) is 34.4 Å². The number of alkyl halides is 3. The van der Waals surface area contributed by atoms with Crippen molar-refractivity contribution in [2.45, 2.75) is 38.9 Å². The molecule has 0 bridgehead atoms. The van der Waals surface area contributed by atoms with Crippen LogP contribution in [0.25, 0.3) is 0 Å². The second-order valence-corrected chi connectivity index (χ2v) is 6.53. The maximum atomic E-state index is 13.5. The lowest BCUT2D eigenvalue weighted by atomic mass is 10.00. The number of rotatable bonds is 4. The van der Waals surface area contributed by atoms with Gasteiger partial charge in [-0.05, 0) is 60.4 Å². The number of esters is 1. The Kier molecular flexibility index (Phi) is 6.14. The van der Waals surface area contributed by atoms with Crippen LogP contribution in [-0.2, 0) is 17.5 Å². The maximum Gasteiger partial charge on any atom is 0.416 e. The highest BCUT2D eigenvalue weighted by Crippen LogP contribution is 2.40. The van der Waals surface area contributed by atoms with E-state index in [9.17, 15) is 18.0 Å². The Morgan fingerprint density at radius 2 is 1.96 bits per heavy atom. The van der Waals surface area contributed by atoms with Crippen LogP contribution in [0.1, 0.15) is 47.7 Å². The summed E-state index contributed by atoms with van der Waals surface area (Å²) in [7, 11) is 0.